The third-order valence-corrected chi connectivity index (χ3v) is 3.65. The van der Waals surface area contributed by atoms with Crippen molar-refractivity contribution in [1.82, 2.24) is 5.32 Å². The molecule has 2 rings (SSSR count). The van der Waals surface area contributed by atoms with Gasteiger partial charge in [0.2, 0.25) is 0 Å². The monoisotopic (exact) mass is 365 g/mol. The summed E-state index contributed by atoms with van der Waals surface area (Å²) >= 11 is 5.88. The van der Waals surface area contributed by atoms with Crippen LogP contribution >= 0.6 is 11.6 Å². The van der Waals surface area contributed by atoms with E-state index in [4.69, 9.17) is 21.1 Å². The largest absolute Gasteiger partial charge is 0.496 e. The fraction of sp³-hybridized carbons (Fsp3) is 0.222. The molecule has 0 unspecified atom stereocenters. The molecule has 25 heavy (non-hydrogen) atoms. The van der Waals surface area contributed by atoms with Crippen molar-refractivity contribution in [1.29, 1.82) is 0 Å². The molecular weight excluding hydrogens is 349 g/mol. The van der Waals surface area contributed by atoms with Crippen LogP contribution < -0.4 is 10.1 Å². The first-order valence-electron chi connectivity index (χ1n) is 7.47. The van der Waals surface area contributed by atoms with Gasteiger partial charge in [-0.2, -0.15) is 0 Å². The van der Waals surface area contributed by atoms with Gasteiger partial charge in [0.25, 0.3) is 5.91 Å². The van der Waals surface area contributed by atoms with E-state index < -0.39 is 18.0 Å². The first kappa shape index (κ1) is 18.7. The number of hydrogen-bond donors (Lipinski definition) is 1. The number of rotatable bonds is 6. The minimum atomic E-state index is -1.02. The highest BCUT2D eigenvalue weighted by Crippen LogP contribution is 2.23. The fourth-order valence-electron chi connectivity index (χ4n) is 2.05. The molecule has 0 spiro atoms. The fourth-order valence-corrected chi connectivity index (χ4v) is 2.22. The molecule has 1 N–H and O–H groups in total. The molecule has 0 aliphatic rings. The summed E-state index contributed by atoms with van der Waals surface area (Å²) < 4.78 is 23.1. The second-order valence-electron chi connectivity index (χ2n) is 5.24. The number of ether oxygens (including phenoxy) is 2. The molecule has 0 bridgehead atoms. The van der Waals surface area contributed by atoms with E-state index in [1.807, 2.05) is 0 Å². The number of methoxy groups -OCH3 is 1. The maximum atomic E-state index is 12.8. The Balaban J connectivity index is 1.95. The molecular formula is C18H17ClFNO4. The van der Waals surface area contributed by atoms with Crippen molar-refractivity contribution in [3.05, 3.63) is 64.4 Å². The number of carbonyl (C=O) groups excluding carboxylic acids is 2. The van der Waals surface area contributed by atoms with Gasteiger partial charge in [-0.05, 0) is 42.8 Å². The third kappa shape index (κ3) is 5.19. The minimum Gasteiger partial charge on any atom is -0.496 e. The van der Waals surface area contributed by atoms with Crippen LogP contribution in [0.25, 0.3) is 0 Å². The van der Waals surface area contributed by atoms with E-state index in [0.29, 0.717) is 10.8 Å². The van der Waals surface area contributed by atoms with Gasteiger partial charge in [-0.3, -0.25) is 4.79 Å². The Kier molecular flexibility index (Phi) is 6.36. The summed E-state index contributed by atoms with van der Waals surface area (Å²) in [5.74, 6) is -1.25. The molecule has 0 aromatic heterocycles. The van der Waals surface area contributed by atoms with Gasteiger partial charge in [0.1, 0.15) is 17.1 Å². The number of halogens is 2. The second kappa shape index (κ2) is 8.48. The summed E-state index contributed by atoms with van der Waals surface area (Å²) in [6, 6.07) is 10.2. The highest BCUT2D eigenvalue weighted by atomic mass is 35.5. The summed E-state index contributed by atoms with van der Waals surface area (Å²) in [5.41, 5.74) is 0.859. The Bertz CT molecular complexity index is 764. The molecule has 7 heteroatoms. The number of amides is 1. The Labute approximate surface area is 149 Å². The number of benzene rings is 2. The van der Waals surface area contributed by atoms with E-state index in [1.54, 1.807) is 18.2 Å². The third-order valence-electron chi connectivity index (χ3n) is 3.41. The molecule has 0 radical (unpaired) electrons. The molecule has 132 valence electrons. The van der Waals surface area contributed by atoms with Crippen LogP contribution in [0.15, 0.2) is 42.5 Å². The van der Waals surface area contributed by atoms with Crippen LogP contribution in [0.1, 0.15) is 22.8 Å². The highest BCUT2D eigenvalue weighted by molar-refractivity contribution is 6.31. The van der Waals surface area contributed by atoms with Crippen LogP contribution in [0, 0.1) is 5.82 Å². The Morgan fingerprint density at radius 1 is 1.20 bits per heavy atom. The number of hydrogen-bond acceptors (Lipinski definition) is 4. The second-order valence-corrected chi connectivity index (χ2v) is 5.67. The molecule has 2 aromatic rings. The zero-order valence-electron chi connectivity index (χ0n) is 13.7. The molecule has 5 nitrogen and oxygen atoms in total. The van der Waals surface area contributed by atoms with Crippen molar-refractivity contribution in [3.8, 4) is 5.75 Å². The average Bonchev–Trinajstić information content (AvgIpc) is 2.60. The smallest absolute Gasteiger partial charge is 0.342 e. The van der Waals surface area contributed by atoms with Gasteiger partial charge < -0.3 is 14.8 Å². The van der Waals surface area contributed by atoms with E-state index in [9.17, 15) is 14.0 Å². The van der Waals surface area contributed by atoms with Gasteiger partial charge >= 0.3 is 5.97 Å². The summed E-state index contributed by atoms with van der Waals surface area (Å²) in [4.78, 5) is 24.3. The van der Waals surface area contributed by atoms with Crippen LogP contribution in [0.5, 0.6) is 5.75 Å². The normalized spacial score (nSPS) is 11.5. The zero-order valence-corrected chi connectivity index (χ0v) is 14.5. The van der Waals surface area contributed by atoms with Gasteiger partial charge in [0.05, 0.1) is 7.11 Å². The molecule has 0 aliphatic heterocycles. The molecule has 0 heterocycles. The predicted octanol–water partition coefficient (Wildman–Crippen LogP) is 3.35. The first-order valence-corrected chi connectivity index (χ1v) is 7.85. The van der Waals surface area contributed by atoms with Crippen molar-refractivity contribution >= 4 is 23.5 Å². The molecule has 0 fully saturated rings. The van der Waals surface area contributed by atoms with Crippen molar-refractivity contribution in [2.45, 2.75) is 19.6 Å². The summed E-state index contributed by atoms with van der Waals surface area (Å²) in [6.07, 6.45) is -1.02. The van der Waals surface area contributed by atoms with E-state index in [-0.39, 0.29) is 17.9 Å². The summed E-state index contributed by atoms with van der Waals surface area (Å²) in [5, 5.41) is 2.97. The van der Waals surface area contributed by atoms with Gasteiger partial charge in [-0.25, -0.2) is 9.18 Å². The number of esters is 1. The average molecular weight is 366 g/mol. The quantitative estimate of drug-likeness (QED) is 0.797. The number of nitrogens with one attached hydrogen (secondary N) is 1. The van der Waals surface area contributed by atoms with Crippen LogP contribution in [-0.2, 0) is 16.1 Å². The minimum absolute atomic E-state index is 0.133. The Morgan fingerprint density at radius 3 is 2.52 bits per heavy atom. The summed E-state index contributed by atoms with van der Waals surface area (Å²) in [7, 11) is 1.42. The topological polar surface area (TPSA) is 64.6 Å². The van der Waals surface area contributed by atoms with Gasteiger partial charge in [-0.15, -0.1) is 0 Å². The van der Waals surface area contributed by atoms with Gasteiger partial charge in [0.15, 0.2) is 6.10 Å². The standard InChI is InChI=1S/C18H17ClFNO4/c1-11(17(22)21-10-12-3-6-14(20)7-4-12)25-18(23)15-9-13(19)5-8-16(15)24-2/h3-9,11H,10H2,1-2H3,(H,21,22)/t11-/m0/s1. The Hall–Kier alpha value is -2.60. The van der Waals surface area contributed by atoms with E-state index in [0.717, 1.165) is 5.56 Å². The first-order chi connectivity index (χ1) is 11.9. The van der Waals surface area contributed by atoms with Crippen LogP contribution in [0.4, 0.5) is 4.39 Å². The van der Waals surface area contributed by atoms with Gasteiger partial charge in [0, 0.05) is 11.6 Å². The molecule has 0 saturated carbocycles. The lowest BCUT2D eigenvalue weighted by Gasteiger charge is -2.15. The van der Waals surface area contributed by atoms with E-state index in [2.05, 4.69) is 5.32 Å². The van der Waals surface area contributed by atoms with Crippen molar-refractivity contribution in [2.24, 2.45) is 0 Å². The lowest BCUT2D eigenvalue weighted by Crippen LogP contribution is -2.35. The molecule has 0 aliphatic carbocycles. The van der Waals surface area contributed by atoms with E-state index in [1.165, 1.54) is 38.3 Å². The van der Waals surface area contributed by atoms with Gasteiger partial charge in [-0.1, -0.05) is 23.7 Å². The molecule has 1 atom stereocenters. The van der Waals surface area contributed by atoms with Crippen LogP contribution in [0.3, 0.4) is 0 Å². The lowest BCUT2D eigenvalue weighted by atomic mass is 10.2. The molecule has 0 saturated heterocycles. The SMILES string of the molecule is COc1ccc(Cl)cc1C(=O)O[C@@H](C)C(=O)NCc1ccc(F)cc1. The Morgan fingerprint density at radius 2 is 1.88 bits per heavy atom. The highest BCUT2D eigenvalue weighted by Gasteiger charge is 2.21. The summed E-state index contributed by atoms with van der Waals surface area (Å²) in [6.45, 7) is 1.65. The van der Waals surface area contributed by atoms with Crippen molar-refractivity contribution in [2.75, 3.05) is 7.11 Å². The van der Waals surface area contributed by atoms with Crippen molar-refractivity contribution in [3.63, 3.8) is 0 Å². The maximum Gasteiger partial charge on any atom is 0.342 e. The lowest BCUT2D eigenvalue weighted by molar-refractivity contribution is -0.129. The van der Waals surface area contributed by atoms with E-state index >= 15 is 0 Å². The maximum absolute atomic E-state index is 12.8. The zero-order chi connectivity index (χ0) is 18.4. The molecule has 2 aromatic carbocycles. The van der Waals surface area contributed by atoms with Crippen molar-refractivity contribution < 1.29 is 23.5 Å². The van der Waals surface area contributed by atoms with Crippen LogP contribution in [0.2, 0.25) is 5.02 Å². The molecule has 1 amide bonds. The van der Waals surface area contributed by atoms with Crippen LogP contribution in [-0.4, -0.2) is 25.1 Å². The predicted molar refractivity (Wildman–Crippen MR) is 91.1 cm³/mol. The number of carbonyl (C=O) groups is 2.